The predicted octanol–water partition coefficient (Wildman–Crippen LogP) is 0.0243. The van der Waals surface area contributed by atoms with E-state index in [1.54, 1.807) is 6.07 Å². The number of likely N-dealkylation sites (N-methyl/N-ethyl adjacent to an activating group) is 2. The molecule has 2 N–H and O–H groups in total. The number of benzene rings is 1. The minimum atomic E-state index is -1.05. The van der Waals surface area contributed by atoms with Crippen molar-refractivity contribution in [3.05, 3.63) is 29.3 Å². The predicted molar refractivity (Wildman–Crippen MR) is 122 cm³/mol. The number of carbonyl (C=O) groups is 4. The summed E-state index contributed by atoms with van der Waals surface area (Å²) in [5, 5.41) is 5.43. The van der Waals surface area contributed by atoms with Crippen molar-refractivity contribution in [3.63, 3.8) is 0 Å². The van der Waals surface area contributed by atoms with Crippen LogP contribution in [0.15, 0.2) is 18.2 Å². The maximum atomic E-state index is 12.9. The Morgan fingerprint density at radius 2 is 1.56 bits per heavy atom. The lowest BCUT2D eigenvalue weighted by Gasteiger charge is -2.24. The first-order valence-corrected chi connectivity index (χ1v) is 11.2. The first-order chi connectivity index (χ1) is 16.5. The second-order valence-electron chi connectivity index (χ2n) is 7.35. The highest BCUT2D eigenvalue weighted by molar-refractivity contribution is 6.23. The largest absolute Gasteiger partial charge is 0.491 e. The molecule has 1 aliphatic heterocycles. The van der Waals surface area contributed by atoms with Gasteiger partial charge in [0.05, 0.1) is 50.8 Å². The molecule has 0 aliphatic carbocycles. The van der Waals surface area contributed by atoms with Crippen molar-refractivity contribution in [2.24, 2.45) is 0 Å². The molecule has 0 bridgehead atoms. The van der Waals surface area contributed by atoms with E-state index in [1.807, 2.05) is 7.05 Å². The van der Waals surface area contributed by atoms with E-state index in [9.17, 15) is 19.2 Å². The van der Waals surface area contributed by atoms with Crippen LogP contribution in [-0.2, 0) is 23.8 Å². The molecule has 0 fully saturated rings. The monoisotopic (exact) mass is 479 g/mol. The number of amides is 3. The average molecular weight is 480 g/mol. The average Bonchev–Trinajstić information content (AvgIpc) is 3.09. The standard InChI is InChI=1S/C23H33N3O8/c1-24-7-9-31-10-11-32-12-13-33-14-15-34-17-5-6-18-19(16-17)23(30)26(22(18)29)20(4-3-8-27)21(28)25-2/h5-6,8,16,20,24H,3-4,7,9-15H2,1-2H3,(H,25,28). The fourth-order valence-corrected chi connectivity index (χ4v) is 3.32. The number of ether oxygens (including phenoxy) is 4. The van der Waals surface area contributed by atoms with Gasteiger partial charge in [0.25, 0.3) is 11.8 Å². The number of nitrogens with zero attached hydrogens (tertiary/aromatic N) is 1. The molecule has 11 nitrogen and oxygen atoms in total. The van der Waals surface area contributed by atoms with Gasteiger partial charge in [0.1, 0.15) is 24.7 Å². The van der Waals surface area contributed by atoms with E-state index < -0.39 is 23.8 Å². The van der Waals surface area contributed by atoms with Crippen molar-refractivity contribution >= 4 is 24.0 Å². The third-order valence-corrected chi connectivity index (χ3v) is 5.04. The molecule has 0 spiro atoms. The molecule has 188 valence electrons. The van der Waals surface area contributed by atoms with Crippen LogP contribution in [0.4, 0.5) is 0 Å². The van der Waals surface area contributed by atoms with Gasteiger partial charge in [0.15, 0.2) is 0 Å². The first kappa shape index (κ1) is 27.4. The van der Waals surface area contributed by atoms with Gasteiger partial charge in [0.2, 0.25) is 5.91 Å². The molecule has 1 atom stereocenters. The van der Waals surface area contributed by atoms with Crippen LogP contribution in [-0.4, -0.2) is 102 Å². The highest BCUT2D eigenvalue weighted by atomic mass is 16.6. The van der Waals surface area contributed by atoms with Crippen LogP contribution in [0.2, 0.25) is 0 Å². The lowest BCUT2D eigenvalue weighted by Crippen LogP contribution is -2.48. The lowest BCUT2D eigenvalue weighted by atomic mass is 10.1. The van der Waals surface area contributed by atoms with Crippen molar-refractivity contribution in [1.82, 2.24) is 15.5 Å². The van der Waals surface area contributed by atoms with Crippen LogP contribution in [0.1, 0.15) is 33.6 Å². The van der Waals surface area contributed by atoms with E-state index in [-0.39, 0.29) is 30.6 Å². The highest BCUT2D eigenvalue weighted by Gasteiger charge is 2.42. The Bertz CT molecular complexity index is 832. The van der Waals surface area contributed by atoms with Gasteiger partial charge in [-0.1, -0.05) is 0 Å². The molecule has 0 radical (unpaired) electrons. The van der Waals surface area contributed by atoms with Gasteiger partial charge in [-0.25, -0.2) is 0 Å². The molecule has 1 aromatic carbocycles. The van der Waals surface area contributed by atoms with Crippen LogP contribution in [0.5, 0.6) is 5.75 Å². The summed E-state index contributed by atoms with van der Waals surface area (Å²) in [4.78, 5) is 49.5. The zero-order chi connectivity index (χ0) is 24.8. The summed E-state index contributed by atoms with van der Waals surface area (Å²) in [6, 6.07) is 3.51. The van der Waals surface area contributed by atoms with Crippen LogP contribution in [0.25, 0.3) is 0 Å². The number of fused-ring (bicyclic) bond motifs is 1. The van der Waals surface area contributed by atoms with Gasteiger partial charge >= 0.3 is 0 Å². The summed E-state index contributed by atoms with van der Waals surface area (Å²) < 4.78 is 21.8. The Hall–Kier alpha value is -2.86. The van der Waals surface area contributed by atoms with Crippen molar-refractivity contribution in [2.45, 2.75) is 18.9 Å². The van der Waals surface area contributed by atoms with Crippen molar-refractivity contribution < 1.29 is 38.1 Å². The van der Waals surface area contributed by atoms with Crippen molar-refractivity contribution in [3.8, 4) is 5.75 Å². The molecular weight excluding hydrogens is 446 g/mol. The highest BCUT2D eigenvalue weighted by Crippen LogP contribution is 2.29. The zero-order valence-electron chi connectivity index (χ0n) is 19.7. The van der Waals surface area contributed by atoms with E-state index in [0.717, 1.165) is 11.4 Å². The molecule has 34 heavy (non-hydrogen) atoms. The third-order valence-electron chi connectivity index (χ3n) is 5.04. The van der Waals surface area contributed by atoms with Gasteiger partial charge in [-0.2, -0.15) is 0 Å². The van der Waals surface area contributed by atoms with Crippen LogP contribution in [0, 0.1) is 0 Å². The molecule has 3 amide bonds. The molecule has 0 saturated heterocycles. The normalized spacial score (nSPS) is 13.6. The van der Waals surface area contributed by atoms with Gasteiger partial charge in [0, 0.05) is 20.0 Å². The van der Waals surface area contributed by atoms with Crippen molar-refractivity contribution in [2.75, 3.05) is 66.9 Å². The summed E-state index contributed by atoms with van der Waals surface area (Å²) in [6.07, 6.45) is 0.757. The molecular formula is C23H33N3O8. The maximum absolute atomic E-state index is 12.9. The summed E-state index contributed by atoms with van der Waals surface area (Å²) in [5.41, 5.74) is 0.356. The number of imide groups is 1. The summed E-state index contributed by atoms with van der Waals surface area (Å²) in [7, 11) is 3.28. The summed E-state index contributed by atoms with van der Waals surface area (Å²) >= 11 is 0. The van der Waals surface area contributed by atoms with E-state index in [2.05, 4.69) is 10.6 Å². The van der Waals surface area contributed by atoms with E-state index in [1.165, 1.54) is 19.2 Å². The number of hydrogen-bond donors (Lipinski definition) is 2. The Morgan fingerprint density at radius 1 is 0.941 bits per heavy atom. The number of aldehydes is 1. The molecule has 2 rings (SSSR count). The molecule has 1 aliphatic rings. The van der Waals surface area contributed by atoms with E-state index >= 15 is 0 Å². The minimum Gasteiger partial charge on any atom is -0.491 e. The molecule has 0 saturated carbocycles. The van der Waals surface area contributed by atoms with E-state index in [0.29, 0.717) is 51.7 Å². The fourth-order valence-electron chi connectivity index (χ4n) is 3.32. The van der Waals surface area contributed by atoms with E-state index in [4.69, 9.17) is 18.9 Å². The third kappa shape index (κ3) is 7.87. The first-order valence-electron chi connectivity index (χ1n) is 11.2. The number of nitrogens with one attached hydrogen (secondary N) is 2. The van der Waals surface area contributed by atoms with Crippen LogP contribution < -0.4 is 15.4 Å². The minimum absolute atomic E-state index is 0.0509. The smallest absolute Gasteiger partial charge is 0.262 e. The number of carbonyl (C=O) groups excluding carboxylic acids is 4. The topological polar surface area (TPSA) is 132 Å². The quantitative estimate of drug-likeness (QED) is 0.170. The Labute approximate surface area is 199 Å². The van der Waals surface area contributed by atoms with Gasteiger partial charge in [-0.3, -0.25) is 19.3 Å². The fraction of sp³-hybridized carbons (Fsp3) is 0.565. The van der Waals surface area contributed by atoms with Crippen LogP contribution in [0.3, 0.4) is 0 Å². The number of rotatable bonds is 18. The lowest BCUT2D eigenvalue weighted by molar-refractivity contribution is -0.124. The van der Waals surface area contributed by atoms with Gasteiger partial charge < -0.3 is 34.4 Å². The van der Waals surface area contributed by atoms with Crippen molar-refractivity contribution in [1.29, 1.82) is 0 Å². The summed E-state index contributed by atoms with van der Waals surface area (Å²) in [5.74, 6) is -1.25. The molecule has 1 unspecified atom stereocenters. The molecule has 11 heteroatoms. The maximum Gasteiger partial charge on any atom is 0.262 e. The zero-order valence-corrected chi connectivity index (χ0v) is 19.7. The van der Waals surface area contributed by atoms with Gasteiger partial charge in [-0.05, 0) is 31.7 Å². The SMILES string of the molecule is CNCCOCCOCCOCCOc1ccc2c(c1)C(=O)N(C(CCC=O)C(=O)NC)C2=O. The Kier molecular flexibility index (Phi) is 12.2. The number of hydrogen-bond acceptors (Lipinski definition) is 9. The second-order valence-corrected chi connectivity index (χ2v) is 7.35. The molecule has 1 heterocycles. The second kappa shape index (κ2) is 15.1. The summed E-state index contributed by atoms with van der Waals surface area (Å²) in [6.45, 7) is 3.89. The van der Waals surface area contributed by atoms with Crippen LogP contribution >= 0.6 is 0 Å². The molecule has 0 aromatic heterocycles. The molecule has 1 aromatic rings. The van der Waals surface area contributed by atoms with Gasteiger partial charge in [-0.15, -0.1) is 0 Å². The Balaban J connectivity index is 1.77. The Morgan fingerprint density at radius 3 is 2.18 bits per heavy atom.